The van der Waals surface area contributed by atoms with E-state index in [9.17, 15) is 9.90 Å². The summed E-state index contributed by atoms with van der Waals surface area (Å²) in [7, 11) is 0. The van der Waals surface area contributed by atoms with Crippen LogP contribution in [0.4, 0.5) is 0 Å². The Kier molecular flexibility index (Phi) is 3.93. The monoisotopic (exact) mass is 267 g/mol. The molecule has 0 aromatic heterocycles. The second-order valence-corrected chi connectivity index (χ2v) is 5.46. The first-order chi connectivity index (χ1) is 8.52. The lowest BCUT2D eigenvalue weighted by Gasteiger charge is -2.46. The molecule has 98 valence electrons. The Morgan fingerprint density at radius 2 is 2.00 bits per heavy atom. The van der Waals surface area contributed by atoms with Crippen LogP contribution < -0.4 is 0 Å². The average Bonchev–Trinajstić information content (AvgIpc) is 2.29. The number of amides is 1. The van der Waals surface area contributed by atoms with Crippen molar-refractivity contribution in [2.75, 3.05) is 13.1 Å². The summed E-state index contributed by atoms with van der Waals surface area (Å²) in [5.41, 5.74) is 0.306. The van der Waals surface area contributed by atoms with Crippen molar-refractivity contribution in [1.29, 1.82) is 0 Å². The molecule has 1 fully saturated rings. The number of carbonyl (C=O) groups is 1. The predicted molar refractivity (Wildman–Crippen MR) is 71.6 cm³/mol. The van der Waals surface area contributed by atoms with E-state index in [1.807, 2.05) is 19.1 Å². The van der Waals surface area contributed by atoms with Gasteiger partial charge >= 0.3 is 0 Å². The number of likely N-dealkylation sites (tertiary alicyclic amines) is 1. The molecule has 1 aromatic rings. The molecule has 1 aromatic carbocycles. The summed E-state index contributed by atoms with van der Waals surface area (Å²) in [6, 6.07) is 7.29. The minimum atomic E-state index is -0.648. The van der Waals surface area contributed by atoms with Gasteiger partial charge in [-0.2, -0.15) is 0 Å². The fraction of sp³-hybridized carbons (Fsp3) is 0.500. The lowest BCUT2D eigenvalue weighted by molar-refractivity contribution is -0.155. The predicted octanol–water partition coefficient (Wildman–Crippen LogP) is 2.26. The lowest BCUT2D eigenvalue weighted by Crippen LogP contribution is -2.63. The van der Waals surface area contributed by atoms with Gasteiger partial charge in [-0.25, -0.2) is 0 Å². The van der Waals surface area contributed by atoms with Crippen molar-refractivity contribution in [2.24, 2.45) is 0 Å². The normalized spacial score (nSPS) is 17.4. The first-order valence-corrected chi connectivity index (χ1v) is 6.65. The van der Waals surface area contributed by atoms with E-state index in [1.54, 1.807) is 17.0 Å². The zero-order chi connectivity index (χ0) is 13.2. The maximum absolute atomic E-state index is 12.0. The molecule has 4 heteroatoms. The van der Waals surface area contributed by atoms with E-state index in [1.165, 1.54) is 0 Å². The van der Waals surface area contributed by atoms with Crippen molar-refractivity contribution in [3.8, 4) is 0 Å². The highest BCUT2D eigenvalue weighted by molar-refractivity contribution is 6.30. The number of nitrogens with zero attached hydrogens (tertiary/aromatic N) is 1. The molecule has 1 amide bonds. The Balaban J connectivity index is 1.85. The molecule has 1 N–H and O–H groups in total. The number of β-amino-alcohol motifs (C(OH)–C–C–N with tert-alkyl or cyclic N) is 1. The number of rotatable bonds is 4. The Hall–Kier alpha value is -1.06. The summed E-state index contributed by atoms with van der Waals surface area (Å²) in [5.74, 6) is 0.0677. The van der Waals surface area contributed by atoms with Crippen molar-refractivity contribution < 1.29 is 9.90 Å². The maximum Gasteiger partial charge on any atom is 0.227 e. The molecule has 3 nitrogen and oxygen atoms in total. The smallest absolute Gasteiger partial charge is 0.227 e. The highest BCUT2D eigenvalue weighted by Gasteiger charge is 2.42. The summed E-state index contributed by atoms with van der Waals surface area (Å²) in [6.07, 6.45) is 2.08. The summed E-state index contributed by atoms with van der Waals surface area (Å²) in [4.78, 5) is 13.7. The van der Waals surface area contributed by atoms with E-state index in [-0.39, 0.29) is 5.91 Å². The van der Waals surface area contributed by atoms with Crippen molar-refractivity contribution in [3.63, 3.8) is 0 Å². The second kappa shape index (κ2) is 5.29. The first kappa shape index (κ1) is 13.4. The van der Waals surface area contributed by atoms with Crippen LogP contribution in [0, 0.1) is 0 Å². The molecule has 0 unspecified atom stereocenters. The number of benzene rings is 1. The van der Waals surface area contributed by atoms with Crippen molar-refractivity contribution >= 4 is 17.5 Å². The number of halogens is 1. The Bertz CT molecular complexity index is 424. The van der Waals surface area contributed by atoms with Gasteiger partial charge in [0.15, 0.2) is 0 Å². The van der Waals surface area contributed by atoms with Crippen LogP contribution in [0.25, 0.3) is 0 Å². The second-order valence-electron chi connectivity index (χ2n) is 5.03. The molecule has 2 rings (SSSR count). The Morgan fingerprint density at radius 3 is 2.56 bits per heavy atom. The van der Waals surface area contributed by atoms with Gasteiger partial charge < -0.3 is 10.0 Å². The highest BCUT2D eigenvalue weighted by Crippen LogP contribution is 2.26. The largest absolute Gasteiger partial charge is 0.386 e. The molecule has 0 spiro atoms. The van der Waals surface area contributed by atoms with Gasteiger partial charge in [-0.05, 0) is 24.1 Å². The van der Waals surface area contributed by atoms with Gasteiger partial charge in [-0.3, -0.25) is 4.79 Å². The molecule has 0 saturated carbocycles. The third-order valence-corrected chi connectivity index (χ3v) is 3.56. The van der Waals surface area contributed by atoms with Gasteiger partial charge in [0.25, 0.3) is 0 Å². The fourth-order valence-corrected chi connectivity index (χ4v) is 2.48. The average molecular weight is 268 g/mol. The molecule has 0 radical (unpaired) electrons. The molecule has 1 heterocycles. The highest BCUT2D eigenvalue weighted by atomic mass is 35.5. The SMILES string of the molecule is CCCC1(O)CN(C(=O)Cc2ccc(Cl)cc2)C1. The van der Waals surface area contributed by atoms with Crippen LogP contribution in [0.15, 0.2) is 24.3 Å². The van der Waals surface area contributed by atoms with Crippen LogP contribution in [0.5, 0.6) is 0 Å². The van der Waals surface area contributed by atoms with Gasteiger partial charge in [0.2, 0.25) is 5.91 Å². The molecule has 1 aliphatic rings. The quantitative estimate of drug-likeness (QED) is 0.909. The van der Waals surface area contributed by atoms with Gasteiger partial charge in [-0.1, -0.05) is 37.1 Å². The van der Waals surface area contributed by atoms with Gasteiger partial charge in [0.05, 0.1) is 25.1 Å². The van der Waals surface area contributed by atoms with Crippen LogP contribution >= 0.6 is 11.6 Å². The van der Waals surface area contributed by atoms with E-state index in [2.05, 4.69) is 0 Å². The number of hydrogen-bond donors (Lipinski definition) is 1. The number of carbonyl (C=O) groups excluding carboxylic acids is 1. The van der Waals surface area contributed by atoms with E-state index in [0.717, 1.165) is 18.4 Å². The number of aliphatic hydroxyl groups is 1. The van der Waals surface area contributed by atoms with E-state index < -0.39 is 5.60 Å². The first-order valence-electron chi connectivity index (χ1n) is 6.27. The molecule has 1 saturated heterocycles. The zero-order valence-electron chi connectivity index (χ0n) is 10.5. The molecular formula is C14H18ClNO2. The Labute approximate surface area is 112 Å². The van der Waals surface area contributed by atoms with Crippen LogP contribution in [0.3, 0.4) is 0 Å². The third-order valence-electron chi connectivity index (χ3n) is 3.31. The van der Waals surface area contributed by atoms with Gasteiger partial charge in [-0.15, -0.1) is 0 Å². The van der Waals surface area contributed by atoms with Gasteiger partial charge in [0.1, 0.15) is 0 Å². The van der Waals surface area contributed by atoms with Crippen molar-refractivity contribution in [3.05, 3.63) is 34.9 Å². The van der Waals surface area contributed by atoms with E-state index in [4.69, 9.17) is 11.6 Å². The van der Waals surface area contributed by atoms with Crippen LogP contribution in [-0.2, 0) is 11.2 Å². The van der Waals surface area contributed by atoms with E-state index in [0.29, 0.717) is 24.5 Å². The summed E-state index contributed by atoms with van der Waals surface area (Å²) >= 11 is 5.79. The molecule has 18 heavy (non-hydrogen) atoms. The fourth-order valence-electron chi connectivity index (χ4n) is 2.35. The van der Waals surface area contributed by atoms with Crippen molar-refractivity contribution in [1.82, 2.24) is 4.90 Å². The number of hydrogen-bond acceptors (Lipinski definition) is 2. The van der Waals surface area contributed by atoms with E-state index >= 15 is 0 Å². The standard InChI is InChI=1S/C14H18ClNO2/c1-2-7-14(18)9-16(10-14)13(17)8-11-3-5-12(15)6-4-11/h3-6,18H,2,7-10H2,1H3. The zero-order valence-corrected chi connectivity index (χ0v) is 11.3. The summed E-state index contributed by atoms with van der Waals surface area (Å²) in [6.45, 7) is 2.97. The molecule has 0 bridgehead atoms. The van der Waals surface area contributed by atoms with Crippen molar-refractivity contribution in [2.45, 2.75) is 31.8 Å². The summed E-state index contributed by atoms with van der Waals surface area (Å²) < 4.78 is 0. The topological polar surface area (TPSA) is 40.5 Å². The van der Waals surface area contributed by atoms with Crippen LogP contribution in [-0.4, -0.2) is 34.6 Å². The molecule has 1 aliphatic heterocycles. The third kappa shape index (κ3) is 3.03. The lowest BCUT2D eigenvalue weighted by atomic mass is 9.89. The van der Waals surface area contributed by atoms with Gasteiger partial charge in [0, 0.05) is 5.02 Å². The molecule has 0 atom stereocenters. The maximum atomic E-state index is 12.0. The molecular weight excluding hydrogens is 250 g/mol. The minimum absolute atomic E-state index is 0.0677. The summed E-state index contributed by atoms with van der Waals surface area (Å²) in [5, 5.41) is 10.7. The van der Waals surface area contributed by atoms with Crippen LogP contribution in [0.1, 0.15) is 25.3 Å². The Morgan fingerprint density at radius 1 is 1.39 bits per heavy atom. The molecule has 0 aliphatic carbocycles. The minimum Gasteiger partial charge on any atom is -0.386 e. The van der Waals surface area contributed by atoms with Crippen LogP contribution in [0.2, 0.25) is 5.02 Å².